The summed E-state index contributed by atoms with van der Waals surface area (Å²) >= 11 is 0. The number of rotatable bonds is 3. The van der Waals surface area contributed by atoms with E-state index in [0.717, 1.165) is 31.5 Å². The molecule has 1 fully saturated rings. The summed E-state index contributed by atoms with van der Waals surface area (Å²) in [6.07, 6.45) is 8.76. The zero-order valence-corrected chi connectivity index (χ0v) is 9.61. The lowest BCUT2D eigenvalue weighted by Gasteiger charge is -2.29. The molecule has 1 N–H and O–H groups in total. The fourth-order valence-corrected chi connectivity index (χ4v) is 2.78. The van der Waals surface area contributed by atoms with Crippen LogP contribution < -0.4 is 0 Å². The lowest BCUT2D eigenvalue weighted by molar-refractivity contribution is -0.000794. The van der Waals surface area contributed by atoms with Crippen molar-refractivity contribution in [3.8, 4) is 0 Å². The van der Waals surface area contributed by atoms with Crippen LogP contribution in [-0.4, -0.2) is 20.3 Å². The summed E-state index contributed by atoms with van der Waals surface area (Å²) in [7, 11) is 1.99. The van der Waals surface area contributed by atoms with Gasteiger partial charge in [-0.1, -0.05) is 19.8 Å². The number of aliphatic hydroxyl groups is 1. The Morgan fingerprint density at radius 3 is 3.07 bits per heavy atom. The number of nitrogens with zero attached hydrogens (tertiary/aromatic N) is 2. The molecule has 0 bridgehead atoms. The summed E-state index contributed by atoms with van der Waals surface area (Å²) in [6.45, 7) is 2.17. The molecule has 3 heteroatoms. The Labute approximate surface area is 91.1 Å². The van der Waals surface area contributed by atoms with Gasteiger partial charge in [0.1, 0.15) is 5.82 Å². The first-order chi connectivity index (χ1) is 7.15. The fraction of sp³-hybridized carbons (Fsp3) is 0.750. The zero-order valence-electron chi connectivity index (χ0n) is 9.61. The fourth-order valence-electron chi connectivity index (χ4n) is 2.78. The minimum Gasteiger partial charge on any atom is -0.389 e. The maximum absolute atomic E-state index is 10.6. The zero-order chi connectivity index (χ0) is 10.9. The maximum Gasteiger partial charge on any atom is 0.111 e. The van der Waals surface area contributed by atoms with Gasteiger partial charge in [-0.2, -0.15) is 0 Å². The van der Waals surface area contributed by atoms with Crippen molar-refractivity contribution in [1.82, 2.24) is 9.55 Å². The van der Waals surface area contributed by atoms with Crippen molar-refractivity contribution in [1.29, 1.82) is 0 Å². The van der Waals surface area contributed by atoms with Gasteiger partial charge < -0.3 is 9.67 Å². The lowest BCUT2D eigenvalue weighted by Crippen LogP contribution is -2.36. The van der Waals surface area contributed by atoms with Crippen LogP contribution in [0.2, 0.25) is 0 Å². The molecule has 3 nitrogen and oxygen atoms in total. The molecule has 0 aromatic carbocycles. The van der Waals surface area contributed by atoms with Crippen LogP contribution >= 0.6 is 0 Å². The third-order valence-corrected chi connectivity index (χ3v) is 3.80. The van der Waals surface area contributed by atoms with Crippen molar-refractivity contribution < 1.29 is 5.11 Å². The van der Waals surface area contributed by atoms with Gasteiger partial charge in [-0.25, -0.2) is 4.98 Å². The van der Waals surface area contributed by atoms with Gasteiger partial charge in [-0.05, 0) is 18.8 Å². The molecule has 0 saturated heterocycles. The topological polar surface area (TPSA) is 38.1 Å². The molecule has 2 atom stereocenters. The number of hydrogen-bond donors (Lipinski definition) is 1. The van der Waals surface area contributed by atoms with Crippen molar-refractivity contribution >= 4 is 0 Å². The Morgan fingerprint density at radius 1 is 1.67 bits per heavy atom. The summed E-state index contributed by atoms with van der Waals surface area (Å²) < 4.78 is 2.00. The van der Waals surface area contributed by atoms with Gasteiger partial charge in [0.2, 0.25) is 0 Å². The molecule has 0 radical (unpaired) electrons. The Bertz CT molecular complexity index is 334. The van der Waals surface area contributed by atoms with E-state index >= 15 is 0 Å². The molecule has 0 spiro atoms. The lowest BCUT2D eigenvalue weighted by atomic mass is 9.85. The van der Waals surface area contributed by atoms with E-state index < -0.39 is 5.60 Å². The molecular weight excluding hydrogens is 188 g/mol. The van der Waals surface area contributed by atoms with Crippen LogP contribution in [0.25, 0.3) is 0 Å². The molecule has 0 amide bonds. The quantitative estimate of drug-likeness (QED) is 0.824. The van der Waals surface area contributed by atoms with E-state index in [1.807, 2.05) is 17.8 Å². The highest BCUT2D eigenvalue weighted by atomic mass is 16.3. The Kier molecular flexibility index (Phi) is 2.83. The standard InChI is InChI=1S/C12H20N2O/c1-3-10-5-4-6-12(10,15)9-11-13-7-8-14(11)2/h7-8,10,15H,3-6,9H2,1-2H3. The van der Waals surface area contributed by atoms with Crippen molar-refractivity contribution in [2.75, 3.05) is 0 Å². The van der Waals surface area contributed by atoms with Crippen LogP contribution in [0.5, 0.6) is 0 Å². The predicted molar refractivity (Wildman–Crippen MR) is 59.5 cm³/mol. The first-order valence-electron chi connectivity index (χ1n) is 5.84. The number of aryl methyl sites for hydroxylation is 1. The number of imidazole rings is 1. The second kappa shape index (κ2) is 3.97. The summed E-state index contributed by atoms with van der Waals surface area (Å²) in [6, 6.07) is 0. The molecule has 1 aromatic rings. The van der Waals surface area contributed by atoms with Gasteiger partial charge in [-0.15, -0.1) is 0 Å². The molecule has 1 aliphatic carbocycles. The SMILES string of the molecule is CCC1CCCC1(O)Cc1nccn1C. The van der Waals surface area contributed by atoms with Gasteiger partial charge in [0, 0.05) is 25.9 Å². The second-order valence-corrected chi connectivity index (χ2v) is 4.73. The van der Waals surface area contributed by atoms with E-state index in [4.69, 9.17) is 0 Å². The molecule has 15 heavy (non-hydrogen) atoms. The van der Waals surface area contributed by atoms with Gasteiger partial charge in [-0.3, -0.25) is 0 Å². The molecule has 1 saturated carbocycles. The van der Waals surface area contributed by atoms with E-state index in [1.54, 1.807) is 6.20 Å². The van der Waals surface area contributed by atoms with Crippen LogP contribution in [0.15, 0.2) is 12.4 Å². The second-order valence-electron chi connectivity index (χ2n) is 4.73. The normalized spacial score (nSPS) is 31.0. The highest BCUT2D eigenvalue weighted by Crippen LogP contribution is 2.39. The van der Waals surface area contributed by atoms with Crippen LogP contribution in [0.4, 0.5) is 0 Å². The van der Waals surface area contributed by atoms with Gasteiger partial charge >= 0.3 is 0 Å². The molecule has 2 rings (SSSR count). The van der Waals surface area contributed by atoms with Crippen molar-refractivity contribution in [3.05, 3.63) is 18.2 Å². The molecule has 1 aromatic heterocycles. The summed E-state index contributed by atoms with van der Waals surface area (Å²) in [5, 5.41) is 10.6. The molecule has 0 aliphatic heterocycles. The first-order valence-corrected chi connectivity index (χ1v) is 5.84. The van der Waals surface area contributed by atoms with Crippen molar-refractivity contribution in [2.24, 2.45) is 13.0 Å². The van der Waals surface area contributed by atoms with Gasteiger partial charge in [0.25, 0.3) is 0 Å². The average molecular weight is 208 g/mol. The highest BCUT2D eigenvalue weighted by Gasteiger charge is 2.40. The molecule has 84 valence electrons. The molecule has 2 unspecified atom stereocenters. The van der Waals surface area contributed by atoms with Gasteiger partial charge in [0.15, 0.2) is 0 Å². The Balaban J connectivity index is 2.13. The predicted octanol–water partition coefficient (Wildman–Crippen LogP) is 1.90. The summed E-state index contributed by atoms with van der Waals surface area (Å²) in [4.78, 5) is 4.30. The minimum atomic E-state index is -0.506. The monoisotopic (exact) mass is 208 g/mol. The van der Waals surface area contributed by atoms with Crippen molar-refractivity contribution in [3.63, 3.8) is 0 Å². The van der Waals surface area contributed by atoms with Crippen molar-refractivity contribution in [2.45, 2.75) is 44.6 Å². The third-order valence-electron chi connectivity index (χ3n) is 3.80. The smallest absolute Gasteiger partial charge is 0.111 e. The van der Waals surface area contributed by atoms with Crippen LogP contribution in [-0.2, 0) is 13.5 Å². The first kappa shape index (κ1) is 10.7. The summed E-state index contributed by atoms with van der Waals surface area (Å²) in [5.74, 6) is 1.45. The third kappa shape index (κ3) is 1.93. The van der Waals surface area contributed by atoms with E-state index in [9.17, 15) is 5.11 Å². The van der Waals surface area contributed by atoms with E-state index in [-0.39, 0.29) is 0 Å². The summed E-state index contributed by atoms with van der Waals surface area (Å²) in [5.41, 5.74) is -0.506. The number of aromatic nitrogens is 2. The highest BCUT2D eigenvalue weighted by molar-refractivity contribution is 5.02. The van der Waals surface area contributed by atoms with Crippen LogP contribution in [0.1, 0.15) is 38.4 Å². The molecular formula is C12H20N2O. The minimum absolute atomic E-state index is 0.453. The van der Waals surface area contributed by atoms with E-state index in [2.05, 4.69) is 11.9 Å². The molecule has 1 heterocycles. The van der Waals surface area contributed by atoms with E-state index in [1.165, 1.54) is 0 Å². The van der Waals surface area contributed by atoms with Gasteiger partial charge in [0.05, 0.1) is 5.60 Å². The van der Waals surface area contributed by atoms with Crippen LogP contribution in [0.3, 0.4) is 0 Å². The van der Waals surface area contributed by atoms with Crippen LogP contribution in [0, 0.1) is 5.92 Å². The average Bonchev–Trinajstić information content (AvgIpc) is 2.75. The molecule has 1 aliphatic rings. The van der Waals surface area contributed by atoms with E-state index in [0.29, 0.717) is 12.3 Å². The number of hydrogen-bond acceptors (Lipinski definition) is 2. The largest absolute Gasteiger partial charge is 0.389 e. The maximum atomic E-state index is 10.6. The Morgan fingerprint density at radius 2 is 2.47 bits per heavy atom. The Hall–Kier alpha value is -0.830.